The SMILES string of the molecule is COc1cccc(CN(C)c2nc(Cl)ncc2Cl)c1. The van der Waals surface area contributed by atoms with Crippen LogP contribution in [-0.4, -0.2) is 24.1 Å². The van der Waals surface area contributed by atoms with Crippen LogP contribution in [0, 0.1) is 0 Å². The maximum atomic E-state index is 6.07. The van der Waals surface area contributed by atoms with E-state index >= 15 is 0 Å². The standard InChI is InChI=1S/C13H13Cl2N3O/c1-18(12-11(14)7-16-13(15)17-12)8-9-4-3-5-10(6-9)19-2/h3-7H,8H2,1-2H3. The third kappa shape index (κ3) is 3.49. The van der Waals surface area contributed by atoms with E-state index in [2.05, 4.69) is 9.97 Å². The molecule has 0 saturated heterocycles. The van der Waals surface area contributed by atoms with Crippen LogP contribution in [0.3, 0.4) is 0 Å². The maximum Gasteiger partial charge on any atom is 0.224 e. The van der Waals surface area contributed by atoms with Crippen molar-refractivity contribution in [1.29, 1.82) is 0 Å². The summed E-state index contributed by atoms with van der Waals surface area (Å²) in [6, 6.07) is 7.82. The van der Waals surface area contributed by atoms with Crippen LogP contribution < -0.4 is 9.64 Å². The summed E-state index contributed by atoms with van der Waals surface area (Å²) in [7, 11) is 3.54. The molecule has 0 unspecified atom stereocenters. The number of rotatable bonds is 4. The predicted molar refractivity (Wildman–Crippen MR) is 77.2 cm³/mol. The van der Waals surface area contributed by atoms with Crippen LogP contribution in [0.1, 0.15) is 5.56 Å². The summed E-state index contributed by atoms with van der Waals surface area (Å²) in [6.45, 7) is 0.643. The lowest BCUT2D eigenvalue weighted by Crippen LogP contribution is -2.18. The zero-order valence-electron chi connectivity index (χ0n) is 10.6. The molecule has 0 radical (unpaired) electrons. The second-order valence-corrected chi connectivity index (χ2v) is 4.76. The lowest BCUT2D eigenvalue weighted by atomic mass is 10.2. The smallest absolute Gasteiger partial charge is 0.224 e. The van der Waals surface area contributed by atoms with E-state index in [-0.39, 0.29) is 5.28 Å². The lowest BCUT2D eigenvalue weighted by Gasteiger charge is -2.19. The monoisotopic (exact) mass is 297 g/mol. The normalized spacial score (nSPS) is 10.3. The fraction of sp³-hybridized carbons (Fsp3) is 0.231. The lowest BCUT2D eigenvalue weighted by molar-refractivity contribution is 0.414. The van der Waals surface area contributed by atoms with E-state index in [4.69, 9.17) is 27.9 Å². The summed E-state index contributed by atoms with van der Waals surface area (Å²) in [5, 5.41) is 0.645. The molecule has 0 aliphatic rings. The Balaban J connectivity index is 2.20. The molecule has 100 valence electrons. The minimum absolute atomic E-state index is 0.178. The van der Waals surface area contributed by atoms with E-state index in [9.17, 15) is 0 Å². The Morgan fingerprint density at radius 1 is 1.32 bits per heavy atom. The molecule has 2 rings (SSSR count). The summed E-state index contributed by atoms with van der Waals surface area (Å²) in [4.78, 5) is 9.87. The molecule has 6 heteroatoms. The van der Waals surface area contributed by atoms with Gasteiger partial charge in [-0.05, 0) is 29.3 Å². The molecule has 1 aromatic heterocycles. The van der Waals surface area contributed by atoms with Gasteiger partial charge in [0.05, 0.1) is 13.3 Å². The van der Waals surface area contributed by atoms with E-state index < -0.39 is 0 Å². The van der Waals surface area contributed by atoms with E-state index in [0.29, 0.717) is 17.4 Å². The Morgan fingerprint density at radius 3 is 2.84 bits per heavy atom. The molecule has 0 spiro atoms. The summed E-state index contributed by atoms with van der Waals surface area (Å²) in [5.74, 6) is 1.42. The van der Waals surface area contributed by atoms with E-state index in [0.717, 1.165) is 11.3 Å². The number of benzene rings is 1. The molecule has 0 bridgehead atoms. The molecule has 0 atom stereocenters. The molecule has 0 aliphatic carbocycles. The third-order valence-corrected chi connectivity index (χ3v) is 3.06. The Morgan fingerprint density at radius 2 is 2.11 bits per heavy atom. The van der Waals surface area contributed by atoms with Crippen molar-refractivity contribution in [3.8, 4) is 5.75 Å². The highest BCUT2D eigenvalue weighted by Crippen LogP contribution is 2.24. The Labute approximate surface area is 122 Å². The molecule has 2 aromatic rings. The number of aromatic nitrogens is 2. The topological polar surface area (TPSA) is 38.2 Å². The highest BCUT2D eigenvalue weighted by atomic mass is 35.5. The zero-order chi connectivity index (χ0) is 13.8. The summed E-state index contributed by atoms with van der Waals surface area (Å²) >= 11 is 11.8. The van der Waals surface area contributed by atoms with Gasteiger partial charge in [-0.15, -0.1) is 0 Å². The van der Waals surface area contributed by atoms with Crippen LogP contribution in [0.15, 0.2) is 30.5 Å². The molecule has 19 heavy (non-hydrogen) atoms. The van der Waals surface area contributed by atoms with Crippen LogP contribution in [0.25, 0.3) is 0 Å². The van der Waals surface area contributed by atoms with Gasteiger partial charge in [0.15, 0.2) is 5.82 Å². The minimum atomic E-state index is 0.178. The largest absolute Gasteiger partial charge is 0.497 e. The third-order valence-electron chi connectivity index (χ3n) is 2.61. The number of halogens is 2. The molecule has 4 nitrogen and oxygen atoms in total. The van der Waals surface area contributed by atoms with Crippen molar-refractivity contribution in [3.63, 3.8) is 0 Å². The van der Waals surface area contributed by atoms with Gasteiger partial charge >= 0.3 is 0 Å². The van der Waals surface area contributed by atoms with Gasteiger partial charge < -0.3 is 9.64 Å². The van der Waals surface area contributed by atoms with E-state index in [1.807, 2.05) is 36.2 Å². The van der Waals surface area contributed by atoms with Crippen molar-refractivity contribution in [2.75, 3.05) is 19.1 Å². The fourth-order valence-corrected chi connectivity index (χ4v) is 2.09. The van der Waals surface area contributed by atoms with Gasteiger partial charge in [0, 0.05) is 13.6 Å². The maximum absolute atomic E-state index is 6.07. The second kappa shape index (κ2) is 6.08. The van der Waals surface area contributed by atoms with Crippen molar-refractivity contribution in [1.82, 2.24) is 9.97 Å². The highest BCUT2D eigenvalue weighted by molar-refractivity contribution is 6.33. The summed E-state index contributed by atoms with van der Waals surface area (Å²) in [5.41, 5.74) is 1.09. The Kier molecular flexibility index (Phi) is 4.45. The Hall–Kier alpha value is -1.52. The molecule has 0 fully saturated rings. The number of methoxy groups -OCH3 is 1. The molecule has 0 aliphatic heterocycles. The van der Waals surface area contributed by atoms with Crippen LogP contribution in [-0.2, 0) is 6.54 Å². The predicted octanol–water partition coefficient (Wildman–Crippen LogP) is 3.43. The zero-order valence-corrected chi connectivity index (χ0v) is 12.1. The van der Waals surface area contributed by atoms with Gasteiger partial charge in [0.2, 0.25) is 5.28 Å². The first-order chi connectivity index (χ1) is 9.10. The van der Waals surface area contributed by atoms with Crippen molar-refractivity contribution < 1.29 is 4.74 Å². The van der Waals surface area contributed by atoms with Gasteiger partial charge in [-0.2, -0.15) is 4.98 Å². The Bertz CT molecular complexity index is 578. The first-order valence-electron chi connectivity index (χ1n) is 5.62. The first-order valence-corrected chi connectivity index (χ1v) is 6.38. The van der Waals surface area contributed by atoms with Gasteiger partial charge in [-0.3, -0.25) is 0 Å². The van der Waals surface area contributed by atoms with E-state index in [1.165, 1.54) is 6.20 Å². The van der Waals surface area contributed by atoms with Gasteiger partial charge in [0.1, 0.15) is 10.8 Å². The van der Waals surface area contributed by atoms with Crippen LogP contribution in [0.2, 0.25) is 10.3 Å². The van der Waals surface area contributed by atoms with Crippen molar-refractivity contribution in [2.45, 2.75) is 6.54 Å². The van der Waals surface area contributed by atoms with Gasteiger partial charge in [0.25, 0.3) is 0 Å². The molecule has 0 N–H and O–H groups in total. The highest BCUT2D eigenvalue weighted by Gasteiger charge is 2.10. The van der Waals surface area contributed by atoms with Gasteiger partial charge in [-0.25, -0.2) is 4.98 Å². The first kappa shape index (κ1) is 13.9. The molecule has 0 saturated carbocycles. The number of hydrogen-bond donors (Lipinski definition) is 0. The average Bonchev–Trinajstić information content (AvgIpc) is 2.41. The number of ether oxygens (including phenoxy) is 1. The quantitative estimate of drug-likeness (QED) is 0.811. The van der Waals surface area contributed by atoms with Crippen LogP contribution in [0.5, 0.6) is 5.75 Å². The van der Waals surface area contributed by atoms with Crippen molar-refractivity contribution in [3.05, 3.63) is 46.3 Å². The summed E-state index contributed by atoms with van der Waals surface area (Å²) < 4.78 is 5.19. The van der Waals surface area contributed by atoms with E-state index in [1.54, 1.807) is 7.11 Å². The van der Waals surface area contributed by atoms with Crippen LogP contribution >= 0.6 is 23.2 Å². The number of hydrogen-bond acceptors (Lipinski definition) is 4. The second-order valence-electron chi connectivity index (χ2n) is 4.02. The average molecular weight is 298 g/mol. The molecular formula is C13H13Cl2N3O. The summed E-state index contributed by atoms with van der Waals surface area (Å²) in [6.07, 6.45) is 1.49. The van der Waals surface area contributed by atoms with Crippen molar-refractivity contribution in [2.24, 2.45) is 0 Å². The van der Waals surface area contributed by atoms with Crippen molar-refractivity contribution >= 4 is 29.0 Å². The van der Waals surface area contributed by atoms with Crippen LogP contribution in [0.4, 0.5) is 5.82 Å². The molecule has 1 heterocycles. The van der Waals surface area contributed by atoms with Gasteiger partial charge in [-0.1, -0.05) is 23.7 Å². The molecular weight excluding hydrogens is 285 g/mol. The fourth-order valence-electron chi connectivity index (χ4n) is 1.72. The number of anilines is 1. The number of nitrogens with zero attached hydrogens (tertiary/aromatic N) is 3. The molecule has 0 amide bonds. The molecule has 1 aromatic carbocycles. The minimum Gasteiger partial charge on any atom is -0.497 e.